The number of fused-ring (bicyclic) bond motifs is 1. The summed E-state index contributed by atoms with van der Waals surface area (Å²) >= 11 is 0. The maximum atomic E-state index is 12.3. The van der Waals surface area contributed by atoms with E-state index in [1.165, 1.54) is 18.7 Å². The molecular formula is C22H17N5O3. The molecule has 0 saturated heterocycles. The van der Waals surface area contributed by atoms with E-state index in [0.717, 1.165) is 27.7 Å². The molecule has 1 aliphatic heterocycles. The highest BCUT2D eigenvalue weighted by Crippen LogP contribution is 2.23. The van der Waals surface area contributed by atoms with Gasteiger partial charge in [-0.2, -0.15) is 5.26 Å². The van der Waals surface area contributed by atoms with Gasteiger partial charge in [-0.1, -0.05) is 30.3 Å². The Bertz CT molecular complexity index is 1270. The van der Waals surface area contributed by atoms with Gasteiger partial charge in [0.05, 0.1) is 29.6 Å². The molecule has 8 nitrogen and oxygen atoms in total. The molecule has 148 valence electrons. The molecule has 3 aromatic rings. The van der Waals surface area contributed by atoms with Crippen molar-refractivity contribution in [1.82, 2.24) is 15.3 Å². The topological polar surface area (TPSA) is 123 Å². The summed E-state index contributed by atoms with van der Waals surface area (Å²) in [5.41, 5.74) is 4.08. The molecule has 30 heavy (non-hydrogen) atoms. The largest absolute Gasteiger partial charge is 0.458 e. The van der Waals surface area contributed by atoms with E-state index in [0.29, 0.717) is 6.42 Å². The number of aromatic nitrogens is 2. The first-order chi connectivity index (χ1) is 14.6. The maximum absolute atomic E-state index is 12.3. The van der Waals surface area contributed by atoms with Crippen LogP contribution in [0.2, 0.25) is 0 Å². The average Bonchev–Trinajstić information content (AvgIpc) is 2.94. The Hall–Kier alpha value is -4.38. The number of nitriles is 1. The van der Waals surface area contributed by atoms with E-state index in [2.05, 4.69) is 26.3 Å². The van der Waals surface area contributed by atoms with Crippen LogP contribution in [0.4, 0.5) is 0 Å². The number of ether oxygens (including phenoxy) is 1. The molecule has 1 aliphatic rings. The molecule has 0 saturated carbocycles. The normalized spacial score (nSPS) is 13.8. The Morgan fingerprint density at radius 1 is 1.13 bits per heavy atom. The number of H-pyrrole nitrogens is 2. The maximum Gasteiger partial charge on any atom is 0.323 e. The molecule has 4 rings (SSSR count). The Balaban J connectivity index is 1.45. The number of carbonyl (C=O) groups excluding carboxylic acids is 1. The van der Waals surface area contributed by atoms with E-state index in [1.54, 1.807) is 6.08 Å². The van der Waals surface area contributed by atoms with Crippen molar-refractivity contribution in [1.29, 1.82) is 5.26 Å². The van der Waals surface area contributed by atoms with Crippen LogP contribution in [0.25, 0.3) is 22.2 Å². The van der Waals surface area contributed by atoms with Gasteiger partial charge in [0, 0.05) is 12.6 Å². The third kappa shape index (κ3) is 4.20. The summed E-state index contributed by atoms with van der Waals surface area (Å²) in [5.74, 6) is -0.482. The van der Waals surface area contributed by atoms with Gasteiger partial charge >= 0.3 is 5.69 Å². The lowest BCUT2D eigenvalue weighted by Gasteiger charge is -2.13. The number of aliphatic imine (C=N–C) groups is 1. The van der Waals surface area contributed by atoms with E-state index in [-0.39, 0.29) is 11.4 Å². The average molecular weight is 399 g/mol. The summed E-state index contributed by atoms with van der Waals surface area (Å²) in [7, 11) is 0. The number of amides is 1. The second-order valence-electron chi connectivity index (χ2n) is 6.63. The molecule has 0 spiro atoms. The van der Waals surface area contributed by atoms with Crippen molar-refractivity contribution in [3.05, 3.63) is 82.8 Å². The lowest BCUT2D eigenvalue weighted by Crippen LogP contribution is -2.36. The summed E-state index contributed by atoms with van der Waals surface area (Å²) in [4.78, 5) is 33.0. The predicted molar refractivity (Wildman–Crippen MR) is 112 cm³/mol. The van der Waals surface area contributed by atoms with Crippen LogP contribution in [0.15, 0.2) is 76.5 Å². The molecule has 0 aliphatic carbocycles. The second kappa shape index (κ2) is 8.32. The third-order valence-electron chi connectivity index (χ3n) is 4.57. The summed E-state index contributed by atoms with van der Waals surface area (Å²) in [6, 6.07) is 14.7. The summed E-state index contributed by atoms with van der Waals surface area (Å²) < 4.78 is 5.17. The second-order valence-corrected chi connectivity index (χ2v) is 6.63. The molecule has 0 fully saturated rings. The van der Waals surface area contributed by atoms with Gasteiger partial charge in [-0.15, -0.1) is 0 Å². The first kappa shape index (κ1) is 19.0. The summed E-state index contributed by atoms with van der Waals surface area (Å²) in [6.45, 7) is 0. The molecule has 2 heterocycles. The number of hydrogen-bond donors (Lipinski definition) is 3. The molecule has 1 amide bonds. The number of carbonyl (C=O) groups is 1. The van der Waals surface area contributed by atoms with Gasteiger partial charge < -0.3 is 20.0 Å². The van der Waals surface area contributed by atoms with Gasteiger partial charge in [0.1, 0.15) is 6.04 Å². The predicted octanol–water partition coefficient (Wildman–Crippen LogP) is 2.53. The fraction of sp³-hybridized carbons (Fsp3) is 0.0909. The lowest BCUT2D eigenvalue weighted by atomic mass is 10.0. The van der Waals surface area contributed by atoms with Crippen LogP contribution in [0.5, 0.6) is 0 Å². The van der Waals surface area contributed by atoms with Gasteiger partial charge in [0.25, 0.3) is 5.91 Å². The van der Waals surface area contributed by atoms with Crippen LogP contribution in [-0.4, -0.2) is 28.1 Å². The molecule has 1 aromatic heterocycles. The minimum Gasteiger partial charge on any atom is -0.458 e. The number of aromatic amines is 2. The number of rotatable bonds is 5. The van der Waals surface area contributed by atoms with Crippen LogP contribution in [0, 0.1) is 11.3 Å². The van der Waals surface area contributed by atoms with Crippen LogP contribution in [0.3, 0.4) is 0 Å². The number of nitrogens with zero attached hydrogens (tertiary/aromatic N) is 2. The smallest absolute Gasteiger partial charge is 0.323 e. The van der Waals surface area contributed by atoms with Crippen molar-refractivity contribution in [2.75, 3.05) is 0 Å². The van der Waals surface area contributed by atoms with E-state index in [4.69, 9.17) is 4.74 Å². The Morgan fingerprint density at radius 3 is 2.70 bits per heavy atom. The van der Waals surface area contributed by atoms with Crippen molar-refractivity contribution in [3.8, 4) is 17.2 Å². The van der Waals surface area contributed by atoms with E-state index < -0.39 is 11.9 Å². The van der Waals surface area contributed by atoms with E-state index in [9.17, 15) is 14.9 Å². The quantitative estimate of drug-likeness (QED) is 0.610. The number of hydrogen-bond acceptors (Lipinski definition) is 5. The van der Waals surface area contributed by atoms with Gasteiger partial charge in [-0.25, -0.2) is 4.79 Å². The minimum atomic E-state index is -0.717. The first-order valence-corrected chi connectivity index (χ1v) is 9.19. The highest BCUT2D eigenvalue weighted by Gasteiger charge is 2.17. The molecule has 0 bridgehead atoms. The Morgan fingerprint density at radius 2 is 1.90 bits per heavy atom. The molecule has 0 unspecified atom stereocenters. The van der Waals surface area contributed by atoms with Crippen molar-refractivity contribution in [3.63, 3.8) is 0 Å². The fourth-order valence-electron chi connectivity index (χ4n) is 3.09. The number of nitrogens with one attached hydrogen (secondary N) is 3. The van der Waals surface area contributed by atoms with Crippen LogP contribution in [0.1, 0.15) is 5.56 Å². The van der Waals surface area contributed by atoms with Crippen molar-refractivity contribution >= 4 is 23.2 Å². The van der Waals surface area contributed by atoms with Crippen molar-refractivity contribution in [2.45, 2.75) is 12.5 Å². The monoisotopic (exact) mass is 399 g/mol. The van der Waals surface area contributed by atoms with Crippen LogP contribution < -0.4 is 11.0 Å². The van der Waals surface area contributed by atoms with Crippen molar-refractivity contribution in [2.24, 2.45) is 4.99 Å². The third-order valence-corrected chi connectivity index (χ3v) is 4.57. The molecular weight excluding hydrogens is 382 g/mol. The van der Waals surface area contributed by atoms with Crippen LogP contribution >= 0.6 is 0 Å². The summed E-state index contributed by atoms with van der Waals surface area (Å²) in [6.07, 6.45) is 6.05. The van der Waals surface area contributed by atoms with E-state index in [1.807, 2.05) is 42.5 Å². The number of allylic oxidation sites excluding steroid dienone is 1. The highest BCUT2D eigenvalue weighted by atomic mass is 16.5. The van der Waals surface area contributed by atoms with Gasteiger partial charge in [0.2, 0.25) is 5.76 Å². The van der Waals surface area contributed by atoms with Gasteiger partial charge in [-0.3, -0.25) is 9.79 Å². The zero-order valence-corrected chi connectivity index (χ0v) is 15.8. The standard InChI is InChI=1S/C22H17N5O3/c23-12-17(25-21(28)20-13-24-8-1-9-30-20)10-14-2-4-15(5-3-14)16-6-7-18-19(11-16)27-22(29)26-18/h1-9,11,13,17H,10H2,(H,25,28)(H2,26,27,29)/t17-/m0/s1. The van der Waals surface area contributed by atoms with E-state index >= 15 is 0 Å². The SMILES string of the molecule is N#C[C@H](Cc1ccc(-c2ccc3[nH]c(=O)[nH]c3c2)cc1)NC(=O)C1=CN=CC=CO1. The molecule has 8 heteroatoms. The molecule has 2 aromatic carbocycles. The molecule has 1 atom stereocenters. The number of imidazole rings is 1. The summed E-state index contributed by atoms with van der Waals surface area (Å²) in [5, 5.41) is 12.1. The Kier molecular flexibility index (Phi) is 5.26. The fourth-order valence-corrected chi connectivity index (χ4v) is 3.09. The van der Waals surface area contributed by atoms with Gasteiger partial charge in [0.15, 0.2) is 0 Å². The van der Waals surface area contributed by atoms with Gasteiger partial charge in [-0.05, 0) is 34.9 Å². The highest BCUT2D eigenvalue weighted by molar-refractivity contribution is 5.92. The lowest BCUT2D eigenvalue weighted by molar-refractivity contribution is -0.120. The zero-order valence-electron chi connectivity index (χ0n) is 15.8. The zero-order chi connectivity index (χ0) is 20.9. The Labute approximate surface area is 171 Å². The minimum absolute atomic E-state index is 0.0220. The van der Waals surface area contributed by atoms with Crippen molar-refractivity contribution < 1.29 is 9.53 Å². The molecule has 0 radical (unpaired) electrons. The molecule has 3 N–H and O–H groups in total. The van der Waals surface area contributed by atoms with Crippen LogP contribution in [-0.2, 0) is 16.0 Å². The number of benzene rings is 2. The first-order valence-electron chi connectivity index (χ1n) is 9.19.